The zero-order valence-electron chi connectivity index (χ0n) is 13.1. The number of thiophene rings is 1. The molecule has 2 aromatic heterocycles. The fourth-order valence-corrected chi connectivity index (χ4v) is 3.95. The molecule has 0 aliphatic carbocycles. The lowest BCUT2D eigenvalue weighted by atomic mass is 10.1. The first-order valence-electron chi connectivity index (χ1n) is 8.24. The van der Waals surface area contributed by atoms with Crippen molar-refractivity contribution < 1.29 is 4.79 Å². The molecule has 0 spiro atoms. The smallest absolute Gasteiger partial charge is 0.257 e. The molecular weight excluding hydrogens is 308 g/mol. The summed E-state index contributed by atoms with van der Waals surface area (Å²) in [6.45, 7) is 3.40. The second kappa shape index (κ2) is 6.28. The number of fused-ring (bicyclic) bond motifs is 1. The van der Waals surface area contributed by atoms with Crippen molar-refractivity contribution in [2.45, 2.75) is 32.2 Å². The average molecular weight is 328 g/mol. The van der Waals surface area contributed by atoms with Gasteiger partial charge in [0.1, 0.15) is 0 Å². The molecule has 5 nitrogen and oxygen atoms in total. The summed E-state index contributed by atoms with van der Waals surface area (Å²) in [5, 5.41) is 2.08. The van der Waals surface area contributed by atoms with Gasteiger partial charge in [-0.3, -0.25) is 4.79 Å². The van der Waals surface area contributed by atoms with E-state index in [9.17, 15) is 4.79 Å². The van der Waals surface area contributed by atoms with Crippen LogP contribution < -0.4 is 4.90 Å². The summed E-state index contributed by atoms with van der Waals surface area (Å²) in [5.41, 5.74) is 1.56. The summed E-state index contributed by atoms with van der Waals surface area (Å²) in [6, 6.07) is 4.17. The first-order chi connectivity index (χ1) is 11.3. The van der Waals surface area contributed by atoms with E-state index in [1.807, 2.05) is 4.90 Å². The zero-order chi connectivity index (χ0) is 15.6. The highest BCUT2D eigenvalue weighted by atomic mass is 32.1. The Bertz CT molecular complexity index is 695. The van der Waals surface area contributed by atoms with Crippen LogP contribution in [-0.2, 0) is 13.0 Å². The molecule has 2 aromatic rings. The number of amides is 1. The lowest BCUT2D eigenvalue weighted by Crippen LogP contribution is -2.31. The Morgan fingerprint density at radius 1 is 1.22 bits per heavy atom. The minimum atomic E-state index is 0.0711. The predicted molar refractivity (Wildman–Crippen MR) is 90.9 cm³/mol. The zero-order valence-corrected chi connectivity index (χ0v) is 13.9. The molecule has 0 saturated carbocycles. The molecular formula is C17H20N4OS. The maximum atomic E-state index is 12.5. The number of carbonyl (C=O) groups excluding carboxylic acids is 1. The summed E-state index contributed by atoms with van der Waals surface area (Å²) in [4.78, 5) is 27.0. The molecule has 2 aliphatic rings. The van der Waals surface area contributed by atoms with Crippen molar-refractivity contribution in [2.24, 2.45) is 0 Å². The van der Waals surface area contributed by atoms with Gasteiger partial charge in [-0.15, -0.1) is 11.3 Å². The third-order valence-corrected chi connectivity index (χ3v) is 5.50. The molecule has 1 fully saturated rings. The van der Waals surface area contributed by atoms with Crippen molar-refractivity contribution in [3.63, 3.8) is 0 Å². The Hall–Kier alpha value is -1.95. The molecule has 0 atom stereocenters. The van der Waals surface area contributed by atoms with Crippen molar-refractivity contribution >= 4 is 23.2 Å². The summed E-state index contributed by atoms with van der Waals surface area (Å²) in [5.74, 6) is 0.859. The van der Waals surface area contributed by atoms with Crippen molar-refractivity contribution in [1.29, 1.82) is 0 Å². The van der Waals surface area contributed by atoms with Crippen LogP contribution in [0.5, 0.6) is 0 Å². The van der Waals surface area contributed by atoms with E-state index < -0.39 is 0 Å². The quantitative estimate of drug-likeness (QED) is 0.866. The number of anilines is 1. The Labute approximate surface area is 140 Å². The highest BCUT2D eigenvalue weighted by Gasteiger charge is 2.30. The van der Waals surface area contributed by atoms with Gasteiger partial charge in [-0.1, -0.05) is 6.07 Å². The van der Waals surface area contributed by atoms with Crippen LogP contribution in [0.3, 0.4) is 0 Å². The third kappa shape index (κ3) is 2.95. The molecule has 1 saturated heterocycles. The van der Waals surface area contributed by atoms with Crippen LogP contribution in [0.4, 0.5) is 5.95 Å². The van der Waals surface area contributed by atoms with Crippen LogP contribution in [0.25, 0.3) is 0 Å². The lowest BCUT2D eigenvalue weighted by molar-refractivity contribution is 0.0780. The van der Waals surface area contributed by atoms with Crippen molar-refractivity contribution in [3.8, 4) is 0 Å². The Balaban J connectivity index is 1.47. The second-order valence-corrected chi connectivity index (χ2v) is 7.17. The van der Waals surface area contributed by atoms with Crippen molar-refractivity contribution in [3.05, 3.63) is 39.8 Å². The minimum absolute atomic E-state index is 0.0711. The van der Waals surface area contributed by atoms with Crippen LogP contribution in [0.15, 0.2) is 23.7 Å². The van der Waals surface area contributed by atoms with Crippen LogP contribution >= 0.6 is 11.3 Å². The standard InChI is InChI=1S/C17H20N4OS/c22-16-14-11-18-17(20-7-2-1-3-8-20)19-15(14)12-21(16)9-6-13-5-4-10-23-13/h4-5,10-11H,1-3,6-9,12H2. The van der Waals surface area contributed by atoms with Crippen molar-refractivity contribution in [1.82, 2.24) is 14.9 Å². The molecule has 0 N–H and O–H groups in total. The van der Waals surface area contributed by atoms with E-state index in [2.05, 4.69) is 32.4 Å². The van der Waals surface area contributed by atoms with Gasteiger partial charge in [-0.05, 0) is 37.1 Å². The molecule has 1 amide bonds. The fraction of sp³-hybridized carbons (Fsp3) is 0.471. The average Bonchev–Trinajstić information content (AvgIpc) is 3.22. The number of hydrogen-bond acceptors (Lipinski definition) is 5. The Morgan fingerprint density at radius 3 is 2.87 bits per heavy atom. The van der Waals surface area contributed by atoms with Gasteiger partial charge in [0, 0.05) is 30.7 Å². The monoisotopic (exact) mass is 328 g/mol. The normalized spacial score (nSPS) is 17.7. The molecule has 120 valence electrons. The van der Waals surface area contributed by atoms with Crippen LogP contribution in [0, 0.1) is 0 Å². The van der Waals surface area contributed by atoms with Gasteiger partial charge in [0.05, 0.1) is 17.8 Å². The van der Waals surface area contributed by atoms with Gasteiger partial charge < -0.3 is 9.80 Å². The van der Waals surface area contributed by atoms with Gasteiger partial charge in [-0.2, -0.15) is 0 Å². The van der Waals surface area contributed by atoms with E-state index >= 15 is 0 Å². The highest BCUT2D eigenvalue weighted by molar-refractivity contribution is 7.09. The van der Waals surface area contributed by atoms with Gasteiger partial charge in [0.25, 0.3) is 5.91 Å². The summed E-state index contributed by atoms with van der Waals surface area (Å²) >= 11 is 1.74. The third-order valence-electron chi connectivity index (χ3n) is 4.56. The Morgan fingerprint density at radius 2 is 2.09 bits per heavy atom. The van der Waals surface area contributed by atoms with Crippen LogP contribution in [-0.4, -0.2) is 40.4 Å². The fourth-order valence-electron chi connectivity index (χ4n) is 3.26. The molecule has 4 heterocycles. The maximum absolute atomic E-state index is 12.5. The van der Waals surface area contributed by atoms with E-state index in [0.717, 1.165) is 37.7 Å². The van der Waals surface area contributed by atoms with E-state index in [1.165, 1.54) is 24.1 Å². The highest BCUT2D eigenvalue weighted by Crippen LogP contribution is 2.24. The van der Waals surface area contributed by atoms with Crippen LogP contribution in [0.1, 0.15) is 40.2 Å². The first-order valence-corrected chi connectivity index (χ1v) is 9.12. The largest absolute Gasteiger partial charge is 0.341 e. The molecule has 0 bridgehead atoms. The molecule has 2 aliphatic heterocycles. The van der Waals surface area contributed by atoms with Gasteiger partial charge in [0.2, 0.25) is 5.95 Å². The van der Waals surface area contributed by atoms with Gasteiger partial charge >= 0.3 is 0 Å². The number of piperidine rings is 1. The second-order valence-electron chi connectivity index (χ2n) is 6.13. The lowest BCUT2D eigenvalue weighted by Gasteiger charge is -2.26. The predicted octanol–water partition coefficient (Wildman–Crippen LogP) is 2.73. The number of rotatable bonds is 4. The molecule has 0 unspecified atom stereocenters. The summed E-state index contributed by atoms with van der Waals surface area (Å²) in [7, 11) is 0. The Kier molecular flexibility index (Phi) is 3.99. The van der Waals surface area contributed by atoms with E-state index in [0.29, 0.717) is 12.1 Å². The number of aromatic nitrogens is 2. The molecule has 4 rings (SSSR count). The van der Waals surface area contributed by atoms with E-state index in [4.69, 9.17) is 0 Å². The van der Waals surface area contributed by atoms with Gasteiger partial charge in [-0.25, -0.2) is 9.97 Å². The topological polar surface area (TPSA) is 49.3 Å². The summed E-state index contributed by atoms with van der Waals surface area (Å²) in [6.07, 6.45) is 6.32. The molecule has 23 heavy (non-hydrogen) atoms. The SMILES string of the molecule is O=C1c2cnc(N3CCCCC3)nc2CN1CCc1cccs1. The summed E-state index contributed by atoms with van der Waals surface area (Å²) < 4.78 is 0. The molecule has 0 radical (unpaired) electrons. The minimum Gasteiger partial charge on any atom is -0.341 e. The van der Waals surface area contributed by atoms with Crippen LogP contribution in [0.2, 0.25) is 0 Å². The van der Waals surface area contributed by atoms with Crippen molar-refractivity contribution in [2.75, 3.05) is 24.5 Å². The van der Waals surface area contributed by atoms with Gasteiger partial charge in [0.15, 0.2) is 0 Å². The van der Waals surface area contributed by atoms with E-state index in [-0.39, 0.29) is 5.91 Å². The maximum Gasteiger partial charge on any atom is 0.257 e. The molecule has 6 heteroatoms. The number of nitrogens with zero attached hydrogens (tertiary/aromatic N) is 4. The first kappa shape index (κ1) is 14.6. The number of hydrogen-bond donors (Lipinski definition) is 0. The van der Waals surface area contributed by atoms with E-state index in [1.54, 1.807) is 17.5 Å². The number of carbonyl (C=O) groups is 1. The molecule has 0 aromatic carbocycles.